The van der Waals surface area contributed by atoms with Crippen molar-refractivity contribution in [1.29, 1.82) is 0 Å². The standard InChI is InChI=1S/C17H24IN/c1-11-9-13(18)5-6-14(11)19-15-16(2,3)12-7-8-17(15,4)10-12/h5-6,9,12,15,19H,7-8,10H2,1-4H3. The van der Waals surface area contributed by atoms with Crippen LogP contribution in [0, 0.1) is 27.2 Å². The molecule has 1 N–H and O–H groups in total. The Balaban J connectivity index is 1.90. The van der Waals surface area contributed by atoms with Crippen molar-refractivity contribution in [1.82, 2.24) is 0 Å². The van der Waals surface area contributed by atoms with Crippen LogP contribution in [0.25, 0.3) is 0 Å². The molecule has 0 spiro atoms. The Morgan fingerprint density at radius 3 is 2.58 bits per heavy atom. The minimum Gasteiger partial charge on any atom is -0.381 e. The molecule has 0 heterocycles. The summed E-state index contributed by atoms with van der Waals surface area (Å²) in [4.78, 5) is 0. The molecule has 104 valence electrons. The molecule has 1 aromatic carbocycles. The summed E-state index contributed by atoms with van der Waals surface area (Å²) in [5.41, 5.74) is 3.60. The minimum atomic E-state index is 0.419. The van der Waals surface area contributed by atoms with Gasteiger partial charge in [0.25, 0.3) is 0 Å². The lowest BCUT2D eigenvalue weighted by Crippen LogP contribution is -2.45. The molecular formula is C17H24IN. The molecule has 2 heteroatoms. The third-order valence-corrected chi connectivity index (χ3v) is 6.43. The van der Waals surface area contributed by atoms with Gasteiger partial charge in [0.1, 0.15) is 0 Å². The average Bonchev–Trinajstić information content (AvgIpc) is 2.78. The lowest BCUT2D eigenvalue weighted by molar-refractivity contribution is 0.155. The van der Waals surface area contributed by atoms with Crippen molar-refractivity contribution >= 4 is 28.3 Å². The van der Waals surface area contributed by atoms with E-state index in [0.29, 0.717) is 16.9 Å². The van der Waals surface area contributed by atoms with Crippen LogP contribution in [0.3, 0.4) is 0 Å². The Hall–Kier alpha value is -0.250. The summed E-state index contributed by atoms with van der Waals surface area (Å²) in [6.45, 7) is 9.62. The number of benzene rings is 1. The van der Waals surface area contributed by atoms with Crippen LogP contribution in [0.15, 0.2) is 18.2 Å². The molecule has 1 aromatic rings. The topological polar surface area (TPSA) is 12.0 Å². The van der Waals surface area contributed by atoms with Gasteiger partial charge in [-0.25, -0.2) is 0 Å². The third kappa shape index (κ3) is 2.10. The van der Waals surface area contributed by atoms with Crippen LogP contribution in [-0.2, 0) is 0 Å². The zero-order chi connectivity index (χ0) is 13.8. The molecule has 0 radical (unpaired) electrons. The number of fused-ring (bicyclic) bond motifs is 2. The maximum Gasteiger partial charge on any atom is 0.0373 e. The number of hydrogen-bond donors (Lipinski definition) is 1. The molecule has 19 heavy (non-hydrogen) atoms. The number of halogens is 1. The number of nitrogens with one attached hydrogen (secondary N) is 1. The van der Waals surface area contributed by atoms with Crippen LogP contribution >= 0.6 is 22.6 Å². The van der Waals surface area contributed by atoms with Crippen molar-refractivity contribution in [3.8, 4) is 0 Å². The summed E-state index contributed by atoms with van der Waals surface area (Å²) < 4.78 is 1.32. The van der Waals surface area contributed by atoms with E-state index in [0.717, 1.165) is 5.92 Å². The van der Waals surface area contributed by atoms with Gasteiger partial charge in [-0.2, -0.15) is 0 Å². The van der Waals surface area contributed by atoms with E-state index >= 15 is 0 Å². The van der Waals surface area contributed by atoms with Crippen molar-refractivity contribution in [2.75, 3.05) is 5.32 Å². The molecule has 0 saturated heterocycles. The highest BCUT2D eigenvalue weighted by Gasteiger charge is 2.59. The predicted molar refractivity (Wildman–Crippen MR) is 90.5 cm³/mol. The SMILES string of the molecule is Cc1cc(I)ccc1NC1C2(C)CCC(C2)C1(C)C. The van der Waals surface area contributed by atoms with Crippen molar-refractivity contribution in [3.63, 3.8) is 0 Å². The first-order chi connectivity index (χ1) is 8.83. The van der Waals surface area contributed by atoms with Crippen LogP contribution in [0.1, 0.15) is 45.6 Å². The fourth-order valence-corrected chi connectivity index (χ4v) is 5.25. The van der Waals surface area contributed by atoms with E-state index < -0.39 is 0 Å². The molecule has 0 aliphatic heterocycles. The summed E-state index contributed by atoms with van der Waals surface area (Å²) in [5.74, 6) is 0.902. The number of hydrogen-bond acceptors (Lipinski definition) is 1. The summed E-state index contributed by atoms with van der Waals surface area (Å²) >= 11 is 2.39. The van der Waals surface area contributed by atoms with Gasteiger partial charge in [0.2, 0.25) is 0 Å². The molecule has 2 bridgehead atoms. The van der Waals surface area contributed by atoms with E-state index in [9.17, 15) is 0 Å². The van der Waals surface area contributed by atoms with Crippen LogP contribution in [0.5, 0.6) is 0 Å². The van der Waals surface area contributed by atoms with Gasteiger partial charge in [0.15, 0.2) is 0 Å². The first-order valence-electron chi connectivity index (χ1n) is 7.36. The first-order valence-corrected chi connectivity index (χ1v) is 8.43. The highest BCUT2D eigenvalue weighted by atomic mass is 127. The molecule has 2 aliphatic carbocycles. The Kier molecular flexibility index (Phi) is 3.16. The van der Waals surface area contributed by atoms with Gasteiger partial charge in [-0.1, -0.05) is 20.8 Å². The van der Waals surface area contributed by atoms with E-state index in [1.54, 1.807) is 0 Å². The molecule has 2 aliphatic rings. The van der Waals surface area contributed by atoms with Crippen molar-refractivity contribution in [2.45, 2.75) is 53.0 Å². The summed E-state index contributed by atoms with van der Waals surface area (Å²) in [7, 11) is 0. The van der Waals surface area contributed by atoms with Crippen molar-refractivity contribution in [2.24, 2.45) is 16.7 Å². The Bertz CT molecular complexity index is 503. The lowest BCUT2D eigenvalue weighted by Gasteiger charge is -2.44. The second-order valence-corrected chi connectivity index (χ2v) is 8.70. The first kappa shape index (κ1) is 13.7. The van der Waals surface area contributed by atoms with E-state index in [2.05, 4.69) is 73.8 Å². The van der Waals surface area contributed by atoms with Crippen LogP contribution in [0.4, 0.5) is 5.69 Å². The van der Waals surface area contributed by atoms with Gasteiger partial charge in [-0.15, -0.1) is 0 Å². The maximum absolute atomic E-state index is 3.90. The summed E-state index contributed by atoms with van der Waals surface area (Å²) in [6.07, 6.45) is 4.22. The fraction of sp³-hybridized carbons (Fsp3) is 0.647. The number of aryl methyl sites for hydroxylation is 1. The molecule has 3 rings (SSSR count). The highest BCUT2D eigenvalue weighted by molar-refractivity contribution is 14.1. The molecular weight excluding hydrogens is 345 g/mol. The Labute approximate surface area is 130 Å². The smallest absolute Gasteiger partial charge is 0.0373 e. The van der Waals surface area contributed by atoms with Crippen LogP contribution in [-0.4, -0.2) is 6.04 Å². The van der Waals surface area contributed by atoms with Gasteiger partial charge < -0.3 is 5.32 Å². The van der Waals surface area contributed by atoms with E-state index in [1.807, 2.05) is 0 Å². The third-order valence-electron chi connectivity index (χ3n) is 5.76. The minimum absolute atomic E-state index is 0.419. The number of anilines is 1. The van der Waals surface area contributed by atoms with Crippen LogP contribution < -0.4 is 5.32 Å². The van der Waals surface area contributed by atoms with E-state index in [-0.39, 0.29) is 0 Å². The maximum atomic E-state index is 3.90. The molecule has 0 aromatic heterocycles. The summed E-state index contributed by atoms with van der Waals surface area (Å²) in [6, 6.07) is 7.34. The molecule has 3 atom stereocenters. The van der Waals surface area contributed by atoms with E-state index in [4.69, 9.17) is 0 Å². The largest absolute Gasteiger partial charge is 0.381 e. The zero-order valence-corrected chi connectivity index (χ0v) is 14.5. The predicted octanol–water partition coefficient (Wildman–Crippen LogP) is 5.23. The molecule has 2 fully saturated rings. The zero-order valence-electron chi connectivity index (χ0n) is 12.4. The molecule has 0 amide bonds. The molecule has 3 unspecified atom stereocenters. The van der Waals surface area contributed by atoms with Gasteiger partial charge in [0, 0.05) is 15.3 Å². The van der Waals surface area contributed by atoms with Crippen LogP contribution in [0.2, 0.25) is 0 Å². The van der Waals surface area contributed by atoms with Gasteiger partial charge in [-0.3, -0.25) is 0 Å². The van der Waals surface area contributed by atoms with E-state index in [1.165, 1.54) is 34.1 Å². The Morgan fingerprint density at radius 2 is 2.00 bits per heavy atom. The molecule has 2 saturated carbocycles. The Morgan fingerprint density at radius 1 is 1.26 bits per heavy atom. The second-order valence-electron chi connectivity index (χ2n) is 7.45. The van der Waals surface area contributed by atoms with Crippen molar-refractivity contribution in [3.05, 3.63) is 27.3 Å². The monoisotopic (exact) mass is 369 g/mol. The second kappa shape index (κ2) is 4.37. The normalized spacial score (nSPS) is 35.6. The van der Waals surface area contributed by atoms with Gasteiger partial charge >= 0.3 is 0 Å². The lowest BCUT2D eigenvalue weighted by atomic mass is 9.68. The van der Waals surface area contributed by atoms with Gasteiger partial charge in [0.05, 0.1) is 0 Å². The van der Waals surface area contributed by atoms with Gasteiger partial charge in [-0.05, 0) is 89.3 Å². The number of rotatable bonds is 2. The molecule has 1 nitrogen and oxygen atoms in total. The summed E-state index contributed by atoms with van der Waals surface area (Å²) in [5, 5.41) is 3.90. The quantitative estimate of drug-likeness (QED) is 0.705. The fourth-order valence-electron chi connectivity index (χ4n) is 4.61. The van der Waals surface area contributed by atoms with Crippen molar-refractivity contribution < 1.29 is 0 Å². The highest BCUT2D eigenvalue weighted by Crippen LogP contribution is 2.63. The average molecular weight is 369 g/mol.